The summed E-state index contributed by atoms with van der Waals surface area (Å²) < 4.78 is 0. The van der Waals surface area contributed by atoms with E-state index in [4.69, 9.17) is 7.49 Å². The van der Waals surface area contributed by atoms with E-state index in [2.05, 4.69) is 9.78 Å². The van der Waals surface area contributed by atoms with Crippen LogP contribution in [0.4, 0.5) is 0 Å². The van der Waals surface area contributed by atoms with E-state index in [-0.39, 0.29) is 6.10 Å². The van der Waals surface area contributed by atoms with Crippen LogP contribution in [0.3, 0.4) is 0 Å². The second-order valence-electron chi connectivity index (χ2n) is 1.16. The quantitative estimate of drug-likeness (QED) is 0.280. The van der Waals surface area contributed by atoms with Crippen LogP contribution in [-0.2, 0) is 9.78 Å². The van der Waals surface area contributed by atoms with Gasteiger partial charge in [-0.3, -0.25) is 0 Å². The molecule has 0 aliphatic heterocycles. The van der Waals surface area contributed by atoms with E-state index in [9.17, 15) is 0 Å². The van der Waals surface area contributed by atoms with Crippen LogP contribution in [0.15, 0.2) is 0 Å². The Morgan fingerprint density at radius 2 is 2.29 bits per heavy atom. The van der Waals surface area contributed by atoms with E-state index in [0.29, 0.717) is 0 Å². The van der Waals surface area contributed by atoms with Crippen molar-refractivity contribution in [1.82, 2.24) is 0 Å². The van der Waals surface area contributed by atoms with Crippen molar-refractivity contribution in [2.24, 2.45) is 0 Å². The summed E-state index contributed by atoms with van der Waals surface area (Å²) in [5, 5.41) is 0. The number of rotatable bonds is 3. The van der Waals surface area contributed by atoms with Crippen LogP contribution < -0.4 is 0 Å². The molecular formula is C4H8BO2. The Bertz CT molecular complexity index is 55.7. The van der Waals surface area contributed by atoms with Crippen molar-refractivity contribution in [1.29, 1.82) is 0 Å². The van der Waals surface area contributed by atoms with Gasteiger partial charge in [-0.1, -0.05) is 0 Å². The van der Waals surface area contributed by atoms with Crippen LogP contribution in [0.2, 0.25) is 0 Å². The van der Waals surface area contributed by atoms with Gasteiger partial charge in [-0.05, 0) is 0 Å². The van der Waals surface area contributed by atoms with E-state index in [0.717, 1.165) is 0 Å². The Morgan fingerprint density at radius 3 is 2.43 bits per heavy atom. The Hall–Kier alpha value is -0.145. The van der Waals surface area contributed by atoms with Gasteiger partial charge in [-0.2, -0.15) is 0 Å². The molecule has 0 saturated heterocycles. The Kier molecular flexibility index (Phi) is 3.94. The zero-order valence-electron chi connectivity index (χ0n) is 4.55. The molecule has 1 unspecified atom stereocenters. The fourth-order valence-electron chi connectivity index (χ4n) is 0.184. The molecule has 0 spiro atoms. The molecule has 39 valence electrons. The van der Waals surface area contributed by atoms with E-state index in [1.165, 1.54) is 13.1 Å². The molecule has 0 bridgehead atoms. The second-order valence-corrected chi connectivity index (χ2v) is 1.16. The molecule has 0 aliphatic rings. The molecule has 0 aliphatic carbocycles. The summed E-state index contributed by atoms with van der Waals surface area (Å²) in [6, 6.07) is 0. The molecule has 0 heterocycles. The van der Waals surface area contributed by atoms with Gasteiger partial charge in [-0.25, -0.2) is 0 Å². The van der Waals surface area contributed by atoms with E-state index >= 15 is 0 Å². The summed E-state index contributed by atoms with van der Waals surface area (Å²) in [4.78, 5) is 8.79. The van der Waals surface area contributed by atoms with Gasteiger partial charge in [0, 0.05) is 0 Å². The monoisotopic (exact) mass is 99.1 g/mol. The van der Waals surface area contributed by atoms with Crippen LogP contribution >= 0.6 is 0 Å². The first-order chi connectivity index (χ1) is 3.31. The molecule has 0 fully saturated rings. The first-order valence-corrected chi connectivity index (χ1v) is 2.05. The summed E-state index contributed by atoms with van der Waals surface area (Å²) in [5.74, 6) is 1.41. The average Bonchev–Trinajstić information content (AvgIpc) is 1.68. The predicted octanol–water partition coefficient (Wildman–Crippen LogP) is -0.0764. The van der Waals surface area contributed by atoms with Crippen LogP contribution in [0.5, 0.6) is 0 Å². The summed E-state index contributed by atoms with van der Waals surface area (Å²) in [5.41, 5.74) is 0. The first kappa shape index (κ1) is 6.85. The van der Waals surface area contributed by atoms with E-state index in [1.54, 1.807) is 6.92 Å². The normalized spacial score (nSPS) is 13.3. The van der Waals surface area contributed by atoms with Crippen LogP contribution in [0.1, 0.15) is 6.92 Å². The molecule has 2 nitrogen and oxygen atoms in total. The van der Waals surface area contributed by atoms with Crippen molar-refractivity contribution in [2.75, 3.05) is 7.11 Å². The minimum atomic E-state index is -0.120. The molecule has 1 atom stereocenters. The van der Waals surface area contributed by atoms with Crippen LogP contribution in [-0.4, -0.2) is 26.7 Å². The molecule has 1 radical (unpaired) electrons. The summed E-state index contributed by atoms with van der Waals surface area (Å²) >= 11 is 0. The second kappa shape index (κ2) is 4.03. The van der Waals surface area contributed by atoms with Crippen molar-refractivity contribution in [3.63, 3.8) is 0 Å². The number of hydrogen-bond donors (Lipinski definition) is 0. The molecule has 0 aromatic rings. The molecule has 0 aromatic heterocycles. The zero-order chi connectivity index (χ0) is 5.70. The van der Waals surface area contributed by atoms with Crippen LogP contribution in [0, 0.1) is 0 Å². The molecule has 3 heteroatoms. The van der Waals surface area contributed by atoms with Crippen LogP contribution in [0.25, 0.3) is 0 Å². The van der Waals surface area contributed by atoms with Gasteiger partial charge >= 0.3 is 43.4 Å². The standard InChI is InChI=1S/C4H8BO2/c1-4(3-5)7-6-2/h3-4H,1-2H3. The van der Waals surface area contributed by atoms with Gasteiger partial charge in [0.1, 0.15) is 0 Å². The Balaban J connectivity index is 2.98. The van der Waals surface area contributed by atoms with Gasteiger partial charge < -0.3 is 0 Å². The maximum absolute atomic E-state index is 5.03. The van der Waals surface area contributed by atoms with Crippen molar-refractivity contribution in [2.45, 2.75) is 13.0 Å². The van der Waals surface area contributed by atoms with Gasteiger partial charge in [0.25, 0.3) is 0 Å². The third-order valence-corrected chi connectivity index (χ3v) is 0.519. The Labute approximate surface area is 44.4 Å². The first-order valence-electron chi connectivity index (χ1n) is 2.05. The summed E-state index contributed by atoms with van der Waals surface area (Å²) in [7, 11) is 6.47. The van der Waals surface area contributed by atoms with Gasteiger partial charge in [0.15, 0.2) is 0 Å². The Morgan fingerprint density at radius 1 is 1.71 bits per heavy atom. The third kappa shape index (κ3) is 3.69. The average molecular weight is 98.9 g/mol. The number of hydrogen-bond acceptors (Lipinski definition) is 2. The SMILES string of the molecule is [B]=CC(C)OOC. The van der Waals surface area contributed by atoms with Crippen molar-refractivity contribution < 1.29 is 9.78 Å². The zero-order valence-corrected chi connectivity index (χ0v) is 4.55. The molecule has 0 saturated carbocycles. The molecule has 0 aromatic carbocycles. The van der Waals surface area contributed by atoms with Gasteiger partial charge in [-0.15, -0.1) is 0 Å². The topological polar surface area (TPSA) is 18.5 Å². The van der Waals surface area contributed by atoms with E-state index in [1.807, 2.05) is 0 Å². The van der Waals surface area contributed by atoms with Gasteiger partial charge in [0.05, 0.1) is 0 Å². The fraction of sp³-hybridized carbons (Fsp3) is 0.750. The van der Waals surface area contributed by atoms with Crippen molar-refractivity contribution in [3.05, 3.63) is 0 Å². The van der Waals surface area contributed by atoms with E-state index < -0.39 is 0 Å². The molecule has 0 rings (SSSR count). The predicted molar refractivity (Wildman–Crippen MR) is 29.4 cm³/mol. The van der Waals surface area contributed by atoms with Gasteiger partial charge in [0.2, 0.25) is 0 Å². The molecule has 0 N–H and O–H groups in total. The summed E-state index contributed by atoms with van der Waals surface area (Å²) in [6.07, 6.45) is -0.120. The molecular weight excluding hydrogens is 90.9 g/mol. The van der Waals surface area contributed by atoms with Crippen molar-refractivity contribution >= 4 is 13.5 Å². The molecule has 0 amide bonds. The maximum atomic E-state index is 5.03. The third-order valence-electron chi connectivity index (χ3n) is 0.519. The minimum absolute atomic E-state index is 0.120. The fourth-order valence-corrected chi connectivity index (χ4v) is 0.184. The summed E-state index contributed by atoms with van der Waals surface area (Å²) in [6.45, 7) is 1.78. The van der Waals surface area contributed by atoms with Crippen molar-refractivity contribution in [3.8, 4) is 0 Å². The molecule has 7 heavy (non-hydrogen) atoms.